The Morgan fingerprint density at radius 1 is 1.71 bits per heavy atom. The quantitative estimate of drug-likeness (QED) is 0.647. The highest BCUT2D eigenvalue weighted by atomic mass is 79.9. The molecule has 0 bridgehead atoms. The van der Waals surface area contributed by atoms with Crippen LogP contribution in [0, 0.1) is 5.92 Å². The van der Waals surface area contributed by atoms with Crippen LogP contribution >= 0.6 is 27.5 Å². The molecule has 0 aliphatic heterocycles. The highest BCUT2D eigenvalue weighted by Crippen LogP contribution is 2.29. The molecule has 1 aliphatic rings. The topological polar surface area (TPSA) is 0 Å². The largest absolute Gasteiger partial charge is 0.0836 e. The van der Waals surface area contributed by atoms with Crippen molar-refractivity contribution in [2.45, 2.75) is 45.4 Å². The van der Waals surface area contributed by atoms with Gasteiger partial charge in [-0.15, -0.1) is 0 Å². The van der Waals surface area contributed by atoms with Gasteiger partial charge in [0, 0.05) is 0 Å². The number of rotatable bonds is 4. The second-order valence-corrected chi connectivity index (χ2v) is 5.69. The van der Waals surface area contributed by atoms with E-state index in [-0.39, 0.29) is 0 Å². The van der Waals surface area contributed by atoms with Gasteiger partial charge in [-0.3, -0.25) is 0 Å². The molecular weight excluding hydrogens is 259 g/mol. The minimum absolute atomic E-state index is 0.722. The fourth-order valence-electron chi connectivity index (χ4n) is 1.99. The zero-order valence-corrected chi connectivity index (χ0v) is 11.1. The maximum atomic E-state index is 5.80. The van der Waals surface area contributed by atoms with Crippen molar-refractivity contribution >= 4 is 27.5 Å². The van der Waals surface area contributed by atoms with Crippen molar-refractivity contribution in [2.75, 3.05) is 0 Å². The van der Waals surface area contributed by atoms with E-state index in [1.807, 2.05) is 6.08 Å². The standard InChI is InChI=1S/C12H18BrCl/c1-2-3-5-10-6-4-7-11(8-10)9-12(13)14/h8-10H,2-7H2,1H3/b12-9+. The molecule has 14 heavy (non-hydrogen) atoms. The molecule has 1 unspecified atom stereocenters. The molecule has 2 heteroatoms. The summed E-state index contributed by atoms with van der Waals surface area (Å²) in [5.41, 5.74) is 1.40. The van der Waals surface area contributed by atoms with Crippen LogP contribution in [0.4, 0.5) is 0 Å². The van der Waals surface area contributed by atoms with Crippen molar-refractivity contribution in [2.24, 2.45) is 5.92 Å². The van der Waals surface area contributed by atoms with Gasteiger partial charge in [-0.2, -0.15) is 0 Å². The summed E-state index contributed by atoms with van der Waals surface area (Å²) >= 11 is 9.07. The van der Waals surface area contributed by atoms with Gasteiger partial charge in [0.2, 0.25) is 0 Å². The monoisotopic (exact) mass is 276 g/mol. The molecule has 0 aromatic heterocycles. The molecule has 0 spiro atoms. The van der Waals surface area contributed by atoms with E-state index < -0.39 is 0 Å². The molecule has 0 heterocycles. The smallest absolute Gasteiger partial charge is 0.0781 e. The normalized spacial score (nSPS) is 23.5. The van der Waals surface area contributed by atoms with Crippen molar-refractivity contribution < 1.29 is 0 Å². The summed E-state index contributed by atoms with van der Waals surface area (Å²) in [5, 5.41) is 0. The summed E-state index contributed by atoms with van der Waals surface area (Å²) in [6, 6.07) is 0. The first-order chi connectivity index (χ1) is 6.72. The summed E-state index contributed by atoms with van der Waals surface area (Å²) in [5.74, 6) is 0.790. The van der Waals surface area contributed by atoms with E-state index in [9.17, 15) is 0 Å². The summed E-state index contributed by atoms with van der Waals surface area (Å²) < 4.78 is 0.722. The van der Waals surface area contributed by atoms with E-state index in [0.717, 1.165) is 9.86 Å². The minimum Gasteiger partial charge on any atom is -0.0781 e. The average molecular weight is 278 g/mol. The molecule has 0 fully saturated rings. The van der Waals surface area contributed by atoms with Crippen LogP contribution in [-0.2, 0) is 0 Å². The molecule has 1 atom stereocenters. The van der Waals surface area contributed by atoms with Crippen molar-refractivity contribution in [1.29, 1.82) is 0 Å². The molecule has 0 amide bonds. The number of halogens is 2. The SMILES string of the molecule is CCCCC1C=C(/C=C(/Cl)Br)CCC1. The Balaban J connectivity index is 2.50. The van der Waals surface area contributed by atoms with E-state index in [0.29, 0.717) is 0 Å². The van der Waals surface area contributed by atoms with Crippen LogP contribution < -0.4 is 0 Å². The first-order valence-electron chi connectivity index (χ1n) is 5.45. The molecule has 80 valence electrons. The van der Waals surface area contributed by atoms with Crippen molar-refractivity contribution in [3.63, 3.8) is 0 Å². The number of allylic oxidation sites excluding steroid dienone is 3. The number of unbranched alkanes of at least 4 members (excludes halogenated alkanes) is 1. The molecule has 0 aromatic carbocycles. The maximum Gasteiger partial charge on any atom is 0.0836 e. The van der Waals surface area contributed by atoms with E-state index in [4.69, 9.17) is 11.6 Å². The van der Waals surface area contributed by atoms with Gasteiger partial charge in [0.05, 0.1) is 3.94 Å². The van der Waals surface area contributed by atoms with E-state index in [2.05, 4.69) is 28.9 Å². The fourth-order valence-corrected chi connectivity index (χ4v) is 2.43. The van der Waals surface area contributed by atoms with Gasteiger partial charge in [0.15, 0.2) is 0 Å². The Morgan fingerprint density at radius 2 is 2.50 bits per heavy atom. The second kappa shape index (κ2) is 6.68. The van der Waals surface area contributed by atoms with Crippen molar-refractivity contribution in [1.82, 2.24) is 0 Å². The van der Waals surface area contributed by atoms with Crippen LogP contribution in [-0.4, -0.2) is 0 Å². The second-order valence-electron chi connectivity index (χ2n) is 3.97. The lowest BCUT2D eigenvalue weighted by Crippen LogP contribution is -2.03. The zero-order valence-electron chi connectivity index (χ0n) is 8.73. The van der Waals surface area contributed by atoms with E-state index in [1.165, 1.54) is 44.1 Å². The predicted molar refractivity (Wildman–Crippen MR) is 67.8 cm³/mol. The lowest BCUT2D eigenvalue weighted by atomic mass is 9.87. The third-order valence-corrected chi connectivity index (χ3v) is 3.05. The zero-order chi connectivity index (χ0) is 10.4. The van der Waals surface area contributed by atoms with E-state index >= 15 is 0 Å². The lowest BCUT2D eigenvalue weighted by molar-refractivity contribution is 0.480. The van der Waals surface area contributed by atoms with Crippen LogP contribution in [0.2, 0.25) is 0 Å². The fraction of sp³-hybridized carbons (Fsp3) is 0.667. The van der Waals surface area contributed by atoms with Crippen LogP contribution in [0.3, 0.4) is 0 Å². The third kappa shape index (κ3) is 4.65. The molecule has 1 aliphatic carbocycles. The van der Waals surface area contributed by atoms with Gasteiger partial charge in [-0.25, -0.2) is 0 Å². The number of hydrogen-bond donors (Lipinski definition) is 0. The van der Waals surface area contributed by atoms with Crippen molar-refractivity contribution in [3.8, 4) is 0 Å². The van der Waals surface area contributed by atoms with Gasteiger partial charge in [-0.05, 0) is 59.2 Å². The lowest BCUT2D eigenvalue weighted by Gasteiger charge is -2.19. The summed E-state index contributed by atoms with van der Waals surface area (Å²) in [6.07, 6.45) is 12.3. The Kier molecular flexibility index (Phi) is 5.88. The highest BCUT2D eigenvalue weighted by Gasteiger charge is 2.11. The van der Waals surface area contributed by atoms with Gasteiger partial charge < -0.3 is 0 Å². The first kappa shape index (κ1) is 12.3. The summed E-state index contributed by atoms with van der Waals surface area (Å²) in [7, 11) is 0. The van der Waals surface area contributed by atoms with Gasteiger partial charge >= 0.3 is 0 Å². The van der Waals surface area contributed by atoms with Crippen LogP contribution in [0.1, 0.15) is 45.4 Å². The minimum atomic E-state index is 0.722. The Hall–Kier alpha value is 0.250. The molecule has 0 saturated heterocycles. The Morgan fingerprint density at radius 3 is 3.14 bits per heavy atom. The Labute approximate surface area is 101 Å². The van der Waals surface area contributed by atoms with Crippen LogP contribution in [0.25, 0.3) is 0 Å². The summed E-state index contributed by atoms with van der Waals surface area (Å²) in [6.45, 7) is 2.25. The molecule has 0 radical (unpaired) electrons. The van der Waals surface area contributed by atoms with Gasteiger partial charge in [0.1, 0.15) is 0 Å². The number of hydrogen-bond acceptors (Lipinski definition) is 0. The van der Waals surface area contributed by atoms with Gasteiger partial charge in [0.25, 0.3) is 0 Å². The first-order valence-corrected chi connectivity index (χ1v) is 6.63. The van der Waals surface area contributed by atoms with Gasteiger partial charge in [-0.1, -0.05) is 37.4 Å². The average Bonchev–Trinajstić information content (AvgIpc) is 2.14. The molecule has 1 rings (SSSR count). The van der Waals surface area contributed by atoms with E-state index in [1.54, 1.807) is 0 Å². The molecule has 0 saturated carbocycles. The van der Waals surface area contributed by atoms with Crippen LogP contribution in [0.5, 0.6) is 0 Å². The third-order valence-electron chi connectivity index (χ3n) is 2.71. The highest BCUT2D eigenvalue weighted by molar-refractivity contribution is 9.12. The molecule has 0 aromatic rings. The van der Waals surface area contributed by atoms with Crippen LogP contribution in [0.15, 0.2) is 21.7 Å². The molecule has 0 nitrogen and oxygen atoms in total. The molecular formula is C12H18BrCl. The predicted octanol–water partition coefficient (Wildman–Crippen LogP) is 5.38. The molecule has 0 N–H and O–H groups in total. The van der Waals surface area contributed by atoms with Crippen molar-refractivity contribution in [3.05, 3.63) is 21.7 Å². The Bertz CT molecular complexity index is 226. The summed E-state index contributed by atoms with van der Waals surface area (Å²) in [4.78, 5) is 0. The maximum absolute atomic E-state index is 5.80.